The van der Waals surface area contributed by atoms with E-state index in [0.29, 0.717) is 23.1 Å². The van der Waals surface area contributed by atoms with Crippen molar-refractivity contribution in [3.63, 3.8) is 0 Å². The second kappa shape index (κ2) is 13.1. The number of phenols is 1. The Balaban J connectivity index is 1.69. The van der Waals surface area contributed by atoms with Crippen LogP contribution in [0.5, 0.6) is 5.75 Å². The number of rotatable bonds is 11. The number of aromatic hydroxyl groups is 1. The van der Waals surface area contributed by atoms with Crippen LogP contribution in [0.25, 0.3) is 6.08 Å². The molecule has 0 saturated heterocycles. The highest BCUT2D eigenvalue weighted by molar-refractivity contribution is 7.92. The zero-order valence-electron chi connectivity index (χ0n) is 24.8. The lowest BCUT2D eigenvalue weighted by Gasteiger charge is -2.43. The first kappa shape index (κ1) is 31.9. The fourth-order valence-electron chi connectivity index (χ4n) is 6.06. The standard InChI is InChI=1S/C34H42O6SSi/c1-25(21-26-13-11-12-18-30(26)36)19-20-31(37)33-27(24-41(38,39)32(33)22-35)23-40-42(34(2,3)4,28-14-7-5-8-15-28)29-16-9-6-10-17-29/h5-18,21,31-32,35-37H,19-20,22-24H2,1-4H3/b25-21+/t31-,32+/m1/s1. The van der Waals surface area contributed by atoms with Crippen LogP contribution in [0.3, 0.4) is 0 Å². The van der Waals surface area contributed by atoms with E-state index in [0.717, 1.165) is 15.9 Å². The van der Waals surface area contributed by atoms with Gasteiger partial charge < -0.3 is 19.7 Å². The zero-order valence-corrected chi connectivity index (χ0v) is 26.6. The minimum absolute atomic E-state index is 0.0438. The van der Waals surface area contributed by atoms with E-state index >= 15 is 0 Å². The monoisotopic (exact) mass is 606 g/mol. The molecule has 0 spiro atoms. The molecule has 0 radical (unpaired) electrons. The molecule has 1 heterocycles. The SMILES string of the molecule is C/C(=C\c1ccccc1O)CC[C@@H](O)C1=C(CO[Si](c2ccccc2)(c2ccccc2)C(C)(C)C)CS(=O)(=O)[C@H]1CO. The molecule has 0 aliphatic carbocycles. The van der Waals surface area contributed by atoms with E-state index in [1.54, 1.807) is 12.1 Å². The number of allylic oxidation sites excluding steroid dienone is 1. The molecule has 0 bridgehead atoms. The molecule has 1 aliphatic rings. The van der Waals surface area contributed by atoms with Gasteiger partial charge in [0.1, 0.15) is 11.0 Å². The van der Waals surface area contributed by atoms with Crippen LogP contribution < -0.4 is 10.4 Å². The van der Waals surface area contributed by atoms with Crippen molar-refractivity contribution in [1.29, 1.82) is 0 Å². The first-order chi connectivity index (χ1) is 19.9. The molecule has 2 atom stereocenters. The third-order valence-electron chi connectivity index (χ3n) is 8.12. The van der Waals surface area contributed by atoms with Gasteiger partial charge in [-0.3, -0.25) is 0 Å². The van der Waals surface area contributed by atoms with Gasteiger partial charge in [-0.2, -0.15) is 0 Å². The van der Waals surface area contributed by atoms with Gasteiger partial charge in [0.15, 0.2) is 9.84 Å². The van der Waals surface area contributed by atoms with Gasteiger partial charge in [-0.05, 0) is 52.4 Å². The summed E-state index contributed by atoms with van der Waals surface area (Å²) in [6.45, 7) is 7.84. The second-order valence-corrected chi connectivity index (χ2v) is 18.6. The largest absolute Gasteiger partial charge is 0.507 e. The third kappa shape index (κ3) is 6.63. The Bertz CT molecular complexity index is 1490. The molecular formula is C34H42O6SSi. The molecule has 6 nitrogen and oxygen atoms in total. The van der Waals surface area contributed by atoms with Crippen LogP contribution in [0.2, 0.25) is 5.04 Å². The number of benzene rings is 3. The number of hydrogen-bond donors (Lipinski definition) is 3. The lowest BCUT2D eigenvalue weighted by atomic mass is 9.95. The van der Waals surface area contributed by atoms with E-state index in [9.17, 15) is 23.7 Å². The summed E-state index contributed by atoms with van der Waals surface area (Å²) in [6.07, 6.45) is 1.56. The molecule has 8 heteroatoms. The molecule has 0 unspecified atom stereocenters. The van der Waals surface area contributed by atoms with Crippen LogP contribution in [0.1, 0.15) is 46.1 Å². The molecule has 0 amide bonds. The normalized spacial score (nSPS) is 18.3. The topological polar surface area (TPSA) is 104 Å². The fourth-order valence-corrected chi connectivity index (χ4v) is 12.5. The Morgan fingerprint density at radius 3 is 2.05 bits per heavy atom. The third-order valence-corrected chi connectivity index (χ3v) is 15.1. The van der Waals surface area contributed by atoms with E-state index in [1.165, 1.54) is 0 Å². The predicted octanol–water partition coefficient (Wildman–Crippen LogP) is 4.60. The summed E-state index contributed by atoms with van der Waals surface area (Å²) in [5, 5.41) is 32.4. The van der Waals surface area contributed by atoms with Crippen LogP contribution >= 0.6 is 0 Å². The maximum atomic E-state index is 13.2. The van der Waals surface area contributed by atoms with Crippen molar-refractivity contribution >= 4 is 34.6 Å². The lowest BCUT2D eigenvalue weighted by Crippen LogP contribution is -2.66. The van der Waals surface area contributed by atoms with Gasteiger partial charge in [0.05, 0.1) is 25.1 Å². The lowest BCUT2D eigenvalue weighted by molar-refractivity contribution is 0.187. The van der Waals surface area contributed by atoms with Crippen LogP contribution in [0.15, 0.2) is 102 Å². The number of hydrogen-bond acceptors (Lipinski definition) is 6. The molecule has 3 aromatic rings. The van der Waals surface area contributed by atoms with Gasteiger partial charge in [-0.1, -0.05) is 111 Å². The molecule has 42 heavy (non-hydrogen) atoms. The summed E-state index contributed by atoms with van der Waals surface area (Å²) in [5.74, 6) is -0.0830. The minimum Gasteiger partial charge on any atom is -0.507 e. The number of sulfone groups is 1. The Morgan fingerprint density at radius 1 is 0.976 bits per heavy atom. The highest BCUT2D eigenvalue weighted by Gasteiger charge is 2.51. The van der Waals surface area contributed by atoms with Gasteiger partial charge in [0, 0.05) is 5.56 Å². The smallest absolute Gasteiger partial charge is 0.261 e. The summed E-state index contributed by atoms with van der Waals surface area (Å²) < 4.78 is 33.4. The van der Waals surface area contributed by atoms with Crippen molar-refractivity contribution in [3.8, 4) is 5.75 Å². The molecule has 0 fully saturated rings. The van der Waals surface area contributed by atoms with Crippen LogP contribution in [0.4, 0.5) is 0 Å². The van der Waals surface area contributed by atoms with E-state index < -0.39 is 36.1 Å². The van der Waals surface area contributed by atoms with E-state index in [1.807, 2.05) is 61.5 Å². The minimum atomic E-state index is -3.70. The van der Waals surface area contributed by atoms with Crippen LogP contribution in [0, 0.1) is 0 Å². The summed E-state index contributed by atoms with van der Waals surface area (Å²) in [4.78, 5) is 0. The first-order valence-electron chi connectivity index (χ1n) is 14.3. The van der Waals surface area contributed by atoms with Crippen molar-refractivity contribution in [2.75, 3.05) is 19.0 Å². The van der Waals surface area contributed by atoms with Crippen molar-refractivity contribution < 1.29 is 28.2 Å². The van der Waals surface area contributed by atoms with Crippen molar-refractivity contribution in [1.82, 2.24) is 0 Å². The summed E-state index contributed by atoms with van der Waals surface area (Å²) in [6, 6.07) is 27.3. The van der Waals surface area contributed by atoms with E-state index in [2.05, 4.69) is 45.0 Å². The van der Waals surface area contributed by atoms with Gasteiger partial charge in [-0.15, -0.1) is 0 Å². The van der Waals surface area contributed by atoms with Crippen molar-refractivity contribution in [2.24, 2.45) is 0 Å². The summed E-state index contributed by atoms with van der Waals surface area (Å²) in [5.41, 5.74) is 2.49. The molecular weight excluding hydrogens is 565 g/mol. The summed E-state index contributed by atoms with van der Waals surface area (Å²) in [7, 11) is -6.65. The van der Waals surface area contributed by atoms with Gasteiger partial charge in [0.25, 0.3) is 8.32 Å². The number of aliphatic hydroxyl groups is 2. The molecule has 224 valence electrons. The van der Waals surface area contributed by atoms with Gasteiger partial charge >= 0.3 is 0 Å². The molecule has 4 rings (SSSR count). The van der Waals surface area contributed by atoms with Crippen LogP contribution in [-0.2, 0) is 14.3 Å². The first-order valence-corrected chi connectivity index (χ1v) is 18.0. The Morgan fingerprint density at radius 2 is 1.52 bits per heavy atom. The molecule has 0 aromatic heterocycles. The number of para-hydroxylation sites is 1. The quantitative estimate of drug-likeness (QED) is 0.218. The van der Waals surface area contributed by atoms with Crippen molar-refractivity contribution in [3.05, 3.63) is 107 Å². The van der Waals surface area contributed by atoms with Gasteiger partial charge in [0.2, 0.25) is 0 Å². The molecule has 3 aromatic carbocycles. The van der Waals surface area contributed by atoms with E-state index in [-0.39, 0.29) is 29.6 Å². The van der Waals surface area contributed by atoms with Crippen LogP contribution in [-0.4, -0.2) is 62.4 Å². The predicted molar refractivity (Wildman–Crippen MR) is 172 cm³/mol. The van der Waals surface area contributed by atoms with E-state index in [4.69, 9.17) is 4.43 Å². The maximum absolute atomic E-state index is 13.2. The Kier molecular flexibility index (Phi) is 9.95. The number of aliphatic hydroxyl groups excluding tert-OH is 2. The number of phenolic OH excluding ortho intramolecular Hbond substituents is 1. The molecule has 1 aliphatic heterocycles. The highest BCUT2D eigenvalue weighted by atomic mass is 32.2. The maximum Gasteiger partial charge on any atom is 0.261 e. The Labute approximate surface area is 251 Å². The summed E-state index contributed by atoms with van der Waals surface area (Å²) >= 11 is 0. The highest BCUT2D eigenvalue weighted by Crippen LogP contribution is 2.39. The fraction of sp³-hybridized carbons (Fsp3) is 0.353. The average molecular weight is 607 g/mol. The molecule has 3 N–H and O–H groups in total. The Hall–Kier alpha value is -3.01. The molecule has 0 saturated carbocycles. The zero-order chi connectivity index (χ0) is 30.5. The second-order valence-electron chi connectivity index (χ2n) is 12.1. The average Bonchev–Trinajstić information content (AvgIpc) is 3.23. The van der Waals surface area contributed by atoms with Crippen molar-refractivity contribution in [2.45, 2.75) is 56.9 Å². The van der Waals surface area contributed by atoms with Gasteiger partial charge in [-0.25, -0.2) is 8.42 Å².